The van der Waals surface area contributed by atoms with Crippen molar-refractivity contribution < 1.29 is 0 Å². The summed E-state index contributed by atoms with van der Waals surface area (Å²) >= 11 is 0. The van der Waals surface area contributed by atoms with Gasteiger partial charge < -0.3 is 0 Å². The van der Waals surface area contributed by atoms with E-state index in [0.29, 0.717) is 0 Å². The second kappa shape index (κ2) is 4.95. The number of para-hydroxylation sites is 1. The minimum Gasteiger partial charge on any atom is -0.260 e. The van der Waals surface area contributed by atoms with Crippen molar-refractivity contribution in [1.29, 1.82) is 0 Å². The van der Waals surface area contributed by atoms with Crippen molar-refractivity contribution in [1.82, 2.24) is 0 Å². The maximum atomic E-state index is 4.30. The molecule has 0 amide bonds. The number of nitrogens with zero attached hydrogens (tertiary/aromatic N) is 1. The Labute approximate surface area is 93.3 Å². The monoisotopic (exact) mass is 215 g/mol. The molecule has 1 nitrogen and oxygen atoms in total. The minimum absolute atomic E-state index is 0.964. The van der Waals surface area contributed by atoms with Gasteiger partial charge in [-0.3, -0.25) is 4.99 Å². The smallest absolute Gasteiger partial charge is 0.129 e. The Hall–Kier alpha value is -1.33. The van der Waals surface area contributed by atoms with Crippen LogP contribution in [0.4, 0.5) is 5.69 Å². The fraction of sp³-hybridized carbons (Fsp3) is 0.308. The summed E-state index contributed by atoms with van der Waals surface area (Å²) in [7, 11) is -1.30. The van der Waals surface area contributed by atoms with Crippen LogP contribution in [-0.2, 0) is 0 Å². The predicted molar refractivity (Wildman–Crippen MR) is 70.5 cm³/mol. The van der Waals surface area contributed by atoms with Crippen LogP contribution in [0.25, 0.3) is 0 Å². The fourth-order valence-electron chi connectivity index (χ4n) is 1.09. The van der Waals surface area contributed by atoms with E-state index in [-0.39, 0.29) is 0 Å². The van der Waals surface area contributed by atoms with Gasteiger partial charge in [0.2, 0.25) is 0 Å². The molecule has 0 aromatic heterocycles. The second-order valence-corrected chi connectivity index (χ2v) is 9.15. The van der Waals surface area contributed by atoms with Crippen LogP contribution in [0.15, 0.2) is 29.3 Å². The fourth-order valence-corrected chi connectivity index (χ4v) is 1.60. The third-order valence-electron chi connectivity index (χ3n) is 1.74. The van der Waals surface area contributed by atoms with E-state index in [9.17, 15) is 0 Å². The van der Waals surface area contributed by atoms with Crippen molar-refractivity contribution in [3.8, 4) is 11.5 Å². The van der Waals surface area contributed by atoms with Crippen molar-refractivity contribution in [3.05, 3.63) is 29.8 Å². The zero-order chi connectivity index (χ0) is 11.3. The molecular weight excluding hydrogens is 198 g/mol. The van der Waals surface area contributed by atoms with Crippen LogP contribution in [-0.4, -0.2) is 14.3 Å². The van der Waals surface area contributed by atoms with Gasteiger partial charge in [-0.2, -0.15) is 0 Å². The van der Waals surface area contributed by atoms with E-state index in [1.807, 2.05) is 31.2 Å². The van der Waals surface area contributed by atoms with Gasteiger partial charge in [0, 0.05) is 11.8 Å². The summed E-state index contributed by atoms with van der Waals surface area (Å²) in [5.41, 5.74) is 5.34. The number of hydrogen-bond acceptors (Lipinski definition) is 1. The first-order valence-electron chi connectivity index (χ1n) is 5.14. The molecule has 0 bridgehead atoms. The third-order valence-corrected chi connectivity index (χ3v) is 2.62. The third kappa shape index (κ3) is 4.14. The Morgan fingerprint density at radius 1 is 1.20 bits per heavy atom. The first-order chi connectivity index (χ1) is 7.03. The van der Waals surface area contributed by atoms with Crippen molar-refractivity contribution >= 4 is 20.0 Å². The molecule has 0 unspecified atom stereocenters. The molecule has 1 aromatic carbocycles. The van der Waals surface area contributed by atoms with Crippen molar-refractivity contribution in [2.24, 2.45) is 4.99 Å². The predicted octanol–water partition coefficient (Wildman–Crippen LogP) is 3.64. The maximum absolute atomic E-state index is 4.30. The van der Waals surface area contributed by atoms with Crippen LogP contribution in [0.5, 0.6) is 0 Å². The molecule has 0 saturated heterocycles. The second-order valence-electron chi connectivity index (χ2n) is 4.40. The zero-order valence-corrected chi connectivity index (χ0v) is 10.8. The molecule has 0 saturated carbocycles. The van der Waals surface area contributed by atoms with Gasteiger partial charge in [-0.05, 0) is 19.1 Å². The molecule has 78 valence electrons. The highest BCUT2D eigenvalue weighted by Crippen LogP contribution is 2.17. The van der Waals surface area contributed by atoms with Gasteiger partial charge in [-0.1, -0.05) is 37.7 Å². The number of hydrogen-bond donors (Lipinski definition) is 0. The lowest BCUT2D eigenvalue weighted by molar-refractivity contribution is 1.50. The van der Waals surface area contributed by atoms with Crippen LogP contribution in [0.1, 0.15) is 12.5 Å². The summed E-state index contributed by atoms with van der Waals surface area (Å²) in [4.78, 5) is 4.30. The largest absolute Gasteiger partial charge is 0.260 e. The van der Waals surface area contributed by atoms with Crippen molar-refractivity contribution in [2.45, 2.75) is 26.6 Å². The highest BCUT2D eigenvalue weighted by Gasteiger charge is 2.07. The van der Waals surface area contributed by atoms with Crippen LogP contribution in [0.3, 0.4) is 0 Å². The number of aliphatic imine (C=N–C) groups is 1. The van der Waals surface area contributed by atoms with E-state index in [0.717, 1.165) is 11.3 Å². The molecule has 0 heterocycles. The number of rotatable bonds is 1. The Balaban J connectivity index is 3.08. The van der Waals surface area contributed by atoms with Crippen LogP contribution in [0, 0.1) is 11.5 Å². The summed E-state index contributed by atoms with van der Waals surface area (Å²) in [5.74, 6) is 3.24. The zero-order valence-electron chi connectivity index (χ0n) is 9.83. The average Bonchev–Trinajstić information content (AvgIpc) is 2.16. The molecule has 0 aliphatic rings. The lowest BCUT2D eigenvalue weighted by Gasteiger charge is -2.04. The quantitative estimate of drug-likeness (QED) is 0.385. The van der Waals surface area contributed by atoms with Gasteiger partial charge >= 0.3 is 0 Å². The van der Waals surface area contributed by atoms with E-state index in [2.05, 4.69) is 36.1 Å². The van der Waals surface area contributed by atoms with Gasteiger partial charge in [0.05, 0.1) is 5.69 Å². The Bertz CT molecular complexity index is 416. The summed E-state index contributed by atoms with van der Waals surface area (Å²) in [6.45, 7) is 8.64. The van der Waals surface area contributed by atoms with Crippen molar-refractivity contribution in [3.63, 3.8) is 0 Å². The average molecular weight is 215 g/mol. The Kier molecular flexibility index (Phi) is 3.87. The topological polar surface area (TPSA) is 12.4 Å². The van der Waals surface area contributed by atoms with Gasteiger partial charge in [-0.15, -0.1) is 5.54 Å². The molecular formula is C13H17NSi. The van der Waals surface area contributed by atoms with E-state index in [1.165, 1.54) is 0 Å². The van der Waals surface area contributed by atoms with E-state index in [1.54, 1.807) is 6.21 Å². The van der Waals surface area contributed by atoms with E-state index in [4.69, 9.17) is 0 Å². The highest BCUT2D eigenvalue weighted by molar-refractivity contribution is 6.83. The Morgan fingerprint density at radius 2 is 1.87 bits per heavy atom. The molecule has 1 aromatic rings. The molecule has 0 fully saturated rings. The SMILES string of the molecule is CC=Nc1ccccc1C#C[Si](C)(C)C. The first-order valence-corrected chi connectivity index (χ1v) is 8.64. The standard InChI is InChI=1S/C13H17NSi/c1-5-14-13-9-7-6-8-12(13)10-11-15(2,3)4/h5-9H,1-4H3. The molecule has 15 heavy (non-hydrogen) atoms. The summed E-state index contributed by atoms with van der Waals surface area (Å²) < 4.78 is 0. The summed E-state index contributed by atoms with van der Waals surface area (Å²) in [5, 5.41) is 0. The molecule has 0 spiro atoms. The molecule has 0 N–H and O–H groups in total. The summed E-state index contributed by atoms with van der Waals surface area (Å²) in [6.07, 6.45) is 1.80. The maximum Gasteiger partial charge on any atom is 0.129 e. The summed E-state index contributed by atoms with van der Waals surface area (Å²) in [6, 6.07) is 8.01. The molecule has 0 aliphatic heterocycles. The lowest BCUT2D eigenvalue weighted by Crippen LogP contribution is -2.16. The van der Waals surface area contributed by atoms with Crippen molar-refractivity contribution in [2.75, 3.05) is 0 Å². The molecule has 2 heteroatoms. The van der Waals surface area contributed by atoms with E-state index < -0.39 is 8.07 Å². The van der Waals surface area contributed by atoms with Gasteiger partial charge in [0.15, 0.2) is 0 Å². The Morgan fingerprint density at radius 3 is 2.47 bits per heavy atom. The minimum atomic E-state index is -1.30. The number of benzene rings is 1. The van der Waals surface area contributed by atoms with E-state index >= 15 is 0 Å². The molecule has 1 rings (SSSR count). The van der Waals surface area contributed by atoms with Gasteiger partial charge in [-0.25, -0.2) is 0 Å². The van der Waals surface area contributed by atoms with Gasteiger partial charge in [0.25, 0.3) is 0 Å². The van der Waals surface area contributed by atoms with Gasteiger partial charge in [0.1, 0.15) is 8.07 Å². The molecule has 0 atom stereocenters. The lowest BCUT2D eigenvalue weighted by atomic mass is 10.2. The van der Waals surface area contributed by atoms with Crippen LogP contribution in [0.2, 0.25) is 19.6 Å². The molecule has 0 radical (unpaired) electrons. The van der Waals surface area contributed by atoms with Crippen LogP contribution < -0.4 is 0 Å². The first kappa shape index (κ1) is 11.7. The molecule has 0 aliphatic carbocycles. The normalized spacial score (nSPS) is 11.2. The van der Waals surface area contributed by atoms with Crippen LogP contribution >= 0.6 is 0 Å². The highest BCUT2D eigenvalue weighted by atomic mass is 28.3.